The predicted molar refractivity (Wildman–Crippen MR) is 72.4 cm³/mol. The van der Waals surface area contributed by atoms with E-state index in [-0.39, 0.29) is 24.6 Å². The molecule has 1 atom stereocenters. The van der Waals surface area contributed by atoms with Crippen molar-refractivity contribution >= 4 is 40.8 Å². The van der Waals surface area contributed by atoms with Gasteiger partial charge in [-0.1, -0.05) is 23.2 Å². The van der Waals surface area contributed by atoms with Crippen molar-refractivity contribution in [1.29, 1.82) is 0 Å². The van der Waals surface area contributed by atoms with Crippen molar-refractivity contribution in [2.45, 2.75) is 12.5 Å². The van der Waals surface area contributed by atoms with Crippen LogP contribution in [0.2, 0.25) is 10.0 Å². The third-order valence-electron chi connectivity index (χ3n) is 2.49. The van der Waals surface area contributed by atoms with Gasteiger partial charge in [-0.25, -0.2) is 0 Å². The molecule has 1 aromatic rings. The van der Waals surface area contributed by atoms with Crippen molar-refractivity contribution in [3.8, 4) is 0 Å². The summed E-state index contributed by atoms with van der Waals surface area (Å²) in [5, 5.41) is 24.0. The number of aliphatic hydroxyl groups excluding tert-OH is 1. The molecular formula is C12H14Cl2N2O4. The first-order valence-electron chi connectivity index (χ1n) is 5.84. The van der Waals surface area contributed by atoms with Gasteiger partial charge in [0.25, 0.3) is 0 Å². The molecule has 0 unspecified atom stereocenters. The van der Waals surface area contributed by atoms with Crippen LogP contribution in [0.4, 0.5) is 5.69 Å². The Hall–Kier alpha value is -1.34. The van der Waals surface area contributed by atoms with E-state index in [0.717, 1.165) is 0 Å². The van der Waals surface area contributed by atoms with Gasteiger partial charge in [0.2, 0.25) is 5.91 Å². The number of anilines is 1. The lowest BCUT2D eigenvalue weighted by molar-refractivity contribution is -0.683. The topological polar surface area (TPSA) is 106 Å². The van der Waals surface area contributed by atoms with Crippen molar-refractivity contribution in [1.82, 2.24) is 0 Å². The standard InChI is InChI=1S/C12H14Cl2N2O4/c13-7-1-2-9(8(14)5-7)16-11(18)6-10(12(19)20)15-3-4-17/h1-2,5,10,15,17H,3-4,6H2,(H,16,18)(H,19,20)/t10-/m0/s1. The molecule has 1 amide bonds. The highest BCUT2D eigenvalue weighted by molar-refractivity contribution is 6.36. The van der Waals surface area contributed by atoms with Crippen LogP contribution in [0.15, 0.2) is 18.2 Å². The molecule has 0 aliphatic rings. The smallest absolute Gasteiger partial charge is 0.230 e. The zero-order chi connectivity index (χ0) is 15.1. The minimum absolute atomic E-state index is 0.174. The number of nitrogens with two attached hydrogens (primary N) is 1. The van der Waals surface area contributed by atoms with Crippen LogP contribution in [0.25, 0.3) is 0 Å². The van der Waals surface area contributed by atoms with Crippen LogP contribution in [-0.4, -0.2) is 36.2 Å². The number of quaternary nitrogens is 1. The first kappa shape index (κ1) is 16.7. The Labute approximate surface area is 125 Å². The van der Waals surface area contributed by atoms with Crippen LogP contribution in [-0.2, 0) is 9.59 Å². The molecule has 1 rings (SSSR count). The van der Waals surface area contributed by atoms with Crippen LogP contribution in [0.5, 0.6) is 0 Å². The number of hydrogen-bond acceptors (Lipinski definition) is 4. The second kappa shape index (κ2) is 8.06. The highest BCUT2D eigenvalue weighted by Crippen LogP contribution is 2.25. The van der Waals surface area contributed by atoms with E-state index in [9.17, 15) is 14.7 Å². The van der Waals surface area contributed by atoms with Gasteiger partial charge in [0.15, 0.2) is 0 Å². The van der Waals surface area contributed by atoms with Gasteiger partial charge in [-0.05, 0) is 18.2 Å². The van der Waals surface area contributed by atoms with Gasteiger partial charge in [-0.3, -0.25) is 4.79 Å². The number of rotatable bonds is 7. The maximum Gasteiger partial charge on any atom is 0.230 e. The van der Waals surface area contributed by atoms with Crippen molar-refractivity contribution in [2.75, 3.05) is 18.5 Å². The summed E-state index contributed by atoms with van der Waals surface area (Å²) in [5.41, 5.74) is 0.348. The Balaban J connectivity index is 2.63. The molecule has 0 saturated heterocycles. The molecule has 0 radical (unpaired) electrons. The van der Waals surface area contributed by atoms with Crippen molar-refractivity contribution in [3.63, 3.8) is 0 Å². The van der Waals surface area contributed by atoms with Crippen LogP contribution in [0.1, 0.15) is 6.42 Å². The second-order valence-electron chi connectivity index (χ2n) is 4.05. The lowest BCUT2D eigenvalue weighted by atomic mass is 10.2. The molecule has 1 aromatic carbocycles. The summed E-state index contributed by atoms with van der Waals surface area (Å²) < 4.78 is 0. The molecule has 0 aliphatic heterocycles. The maximum atomic E-state index is 11.8. The molecule has 20 heavy (non-hydrogen) atoms. The van der Waals surface area contributed by atoms with Gasteiger partial charge < -0.3 is 25.6 Å². The number of aliphatic hydroxyl groups is 1. The summed E-state index contributed by atoms with van der Waals surface area (Å²) >= 11 is 11.6. The van der Waals surface area contributed by atoms with E-state index < -0.39 is 17.9 Å². The van der Waals surface area contributed by atoms with Crippen molar-refractivity contribution in [2.24, 2.45) is 0 Å². The van der Waals surface area contributed by atoms with Crippen LogP contribution < -0.4 is 15.7 Å². The summed E-state index contributed by atoms with van der Waals surface area (Å²) in [6.07, 6.45) is -0.290. The molecule has 0 spiro atoms. The van der Waals surface area contributed by atoms with E-state index in [0.29, 0.717) is 10.7 Å². The number of halogens is 2. The summed E-state index contributed by atoms with van der Waals surface area (Å²) in [5.74, 6) is -1.88. The molecule has 4 N–H and O–H groups in total. The largest absolute Gasteiger partial charge is 0.544 e. The third-order valence-corrected chi connectivity index (χ3v) is 3.04. The quantitative estimate of drug-likeness (QED) is 0.599. The molecule has 0 aliphatic carbocycles. The number of benzene rings is 1. The normalized spacial score (nSPS) is 11.9. The predicted octanol–water partition coefficient (Wildman–Crippen LogP) is -1.00. The van der Waals surface area contributed by atoms with E-state index in [4.69, 9.17) is 28.3 Å². The monoisotopic (exact) mass is 320 g/mol. The molecule has 0 aromatic heterocycles. The molecular weight excluding hydrogens is 307 g/mol. The number of amides is 1. The lowest BCUT2D eigenvalue weighted by Gasteiger charge is -2.16. The van der Waals surface area contributed by atoms with E-state index in [1.165, 1.54) is 17.4 Å². The Morgan fingerprint density at radius 2 is 2.10 bits per heavy atom. The zero-order valence-electron chi connectivity index (χ0n) is 10.4. The minimum atomic E-state index is -1.36. The van der Waals surface area contributed by atoms with Gasteiger partial charge in [-0.15, -0.1) is 0 Å². The second-order valence-corrected chi connectivity index (χ2v) is 4.89. The average Bonchev–Trinajstić information content (AvgIpc) is 2.37. The summed E-state index contributed by atoms with van der Waals surface area (Å²) in [6.45, 7) is -0.0119. The van der Waals surface area contributed by atoms with Gasteiger partial charge in [0.05, 0.1) is 36.3 Å². The highest BCUT2D eigenvalue weighted by atomic mass is 35.5. The molecule has 110 valence electrons. The van der Waals surface area contributed by atoms with E-state index in [1.807, 2.05) is 0 Å². The lowest BCUT2D eigenvalue weighted by Crippen LogP contribution is -2.94. The number of hydrogen-bond donors (Lipinski definition) is 3. The van der Waals surface area contributed by atoms with Gasteiger partial charge >= 0.3 is 0 Å². The van der Waals surface area contributed by atoms with E-state index in [1.54, 1.807) is 6.07 Å². The van der Waals surface area contributed by atoms with Gasteiger partial charge in [-0.2, -0.15) is 0 Å². The van der Waals surface area contributed by atoms with Crippen molar-refractivity contribution in [3.05, 3.63) is 28.2 Å². The fourth-order valence-corrected chi connectivity index (χ4v) is 1.99. The number of nitrogens with one attached hydrogen (secondary N) is 1. The maximum absolute atomic E-state index is 11.8. The fourth-order valence-electron chi connectivity index (χ4n) is 1.53. The summed E-state index contributed by atoms with van der Waals surface area (Å²) in [6, 6.07) is 3.48. The number of carbonyl (C=O) groups excluding carboxylic acids is 2. The van der Waals surface area contributed by atoms with E-state index >= 15 is 0 Å². The van der Waals surface area contributed by atoms with Gasteiger partial charge in [0.1, 0.15) is 6.04 Å². The van der Waals surface area contributed by atoms with Crippen molar-refractivity contribution < 1.29 is 25.1 Å². The number of aliphatic carboxylic acids is 1. The number of carboxylic acid groups (broad SMARTS) is 1. The Bertz CT molecular complexity index is 496. The zero-order valence-corrected chi connectivity index (χ0v) is 11.9. The molecule has 6 nitrogen and oxygen atoms in total. The van der Waals surface area contributed by atoms with Crippen LogP contribution >= 0.6 is 23.2 Å². The Morgan fingerprint density at radius 3 is 2.65 bits per heavy atom. The highest BCUT2D eigenvalue weighted by Gasteiger charge is 2.18. The molecule has 8 heteroatoms. The third kappa shape index (κ3) is 5.34. The SMILES string of the molecule is O=C(C[C@H]([NH2+]CCO)C(=O)[O-])Nc1ccc(Cl)cc1Cl. The number of carbonyl (C=O) groups is 2. The first-order chi connectivity index (χ1) is 9.43. The first-order valence-corrected chi connectivity index (χ1v) is 6.59. The van der Waals surface area contributed by atoms with E-state index in [2.05, 4.69) is 5.32 Å². The molecule has 0 fully saturated rings. The molecule has 0 bridgehead atoms. The summed E-state index contributed by atoms with van der Waals surface area (Å²) in [4.78, 5) is 22.6. The summed E-state index contributed by atoms with van der Waals surface area (Å²) in [7, 11) is 0. The number of carboxylic acids is 1. The minimum Gasteiger partial charge on any atom is -0.544 e. The van der Waals surface area contributed by atoms with Crippen LogP contribution in [0, 0.1) is 0 Å². The Kier molecular flexibility index (Phi) is 6.74. The molecule has 0 saturated carbocycles. The molecule has 0 heterocycles. The average molecular weight is 321 g/mol. The Morgan fingerprint density at radius 1 is 1.40 bits per heavy atom. The fraction of sp³-hybridized carbons (Fsp3) is 0.333. The van der Waals surface area contributed by atoms with Gasteiger partial charge in [0, 0.05) is 5.02 Å². The van der Waals surface area contributed by atoms with Crippen LogP contribution in [0.3, 0.4) is 0 Å².